The van der Waals surface area contributed by atoms with Crippen LogP contribution in [0.15, 0.2) is 6.20 Å². The van der Waals surface area contributed by atoms with Crippen molar-refractivity contribution in [1.29, 1.82) is 0 Å². The number of aromatic amines is 1. The van der Waals surface area contributed by atoms with Crippen LogP contribution in [0.2, 0.25) is 0 Å². The Kier molecular flexibility index (Phi) is 2.14. The van der Waals surface area contributed by atoms with Crippen LogP contribution in [0.25, 0.3) is 6.08 Å². The van der Waals surface area contributed by atoms with E-state index in [1.54, 1.807) is 13.0 Å². The van der Waals surface area contributed by atoms with Gasteiger partial charge in [0.25, 0.3) is 5.91 Å². The maximum Gasteiger partial charge on any atom is 0.269 e. The van der Waals surface area contributed by atoms with Gasteiger partial charge in [-0.3, -0.25) is 9.89 Å². The van der Waals surface area contributed by atoms with Gasteiger partial charge < -0.3 is 11.5 Å². The molecule has 5 heteroatoms. The second kappa shape index (κ2) is 3.08. The number of rotatable bonds is 2. The number of H-pyrrole nitrogens is 1. The molecule has 5 nitrogen and oxygen atoms in total. The largest absolute Gasteiger partial charge is 0.405 e. The van der Waals surface area contributed by atoms with Gasteiger partial charge in [0.15, 0.2) is 5.69 Å². The van der Waals surface area contributed by atoms with Crippen LogP contribution in [-0.2, 0) is 0 Å². The van der Waals surface area contributed by atoms with Gasteiger partial charge in [-0.1, -0.05) is 0 Å². The first-order chi connectivity index (χ1) is 5.66. The Morgan fingerprint density at radius 2 is 2.33 bits per heavy atom. The maximum atomic E-state index is 10.7. The van der Waals surface area contributed by atoms with Crippen LogP contribution in [0.1, 0.15) is 21.7 Å². The van der Waals surface area contributed by atoms with Gasteiger partial charge in [-0.25, -0.2) is 0 Å². The quantitative estimate of drug-likeness (QED) is 0.564. The van der Waals surface area contributed by atoms with E-state index in [2.05, 4.69) is 10.2 Å². The zero-order valence-corrected chi connectivity index (χ0v) is 6.66. The Balaban J connectivity index is 3.12. The van der Waals surface area contributed by atoms with E-state index in [1.165, 1.54) is 6.20 Å². The number of nitrogens with two attached hydrogens (primary N) is 2. The summed E-state index contributed by atoms with van der Waals surface area (Å²) in [6.45, 7) is 1.75. The van der Waals surface area contributed by atoms with Gasteiger partial charge >= 0.3 is 0 Å². The van der Waals surface area contributed by atoms with Crippen molar-refractivity contribution in [2.24, 2.45) is 11.5 Å². The van der Waals surface area contributed by atoms with Gasteiger partial charge in [0.2, 0.25) is 0 Å². The number of hydrogen-bond donors (Lipinski definition) is 3. The van der Waals surface area contributed by atoms with Crippen molar-refractivity contribution < 1.29 is 4.79 Å². The summed E-state index contributed by atoms with van der Waals surface area (Å²) in [6.07, 6.45) is 2.99. The van der Waals surface area contributed by atoms with E-state index in [1.807, 2.05) is 0 Å². The monoisotopic (exact) mass is 166 g/mol. The van der Waals surface area contributed by atoms with Crippen LogP contribution in [0.3, 0.4) is 0 Å². The fraction of sp³-hybridized carbons (Fsp3) is 0.143. The Morgan fingerprint density at radius 3 is 2.75 bits per heavy atom. The fourth-order valence-corrected chi connectivity index (χ4v) is 0.910. The summed E-state index contributed by atoms with van der Waals surface area (Å²) in [5, 5.41) is 6.37. The molecule has 0 spiro atoms. The molecule has 0 saturated heterocycles. The summed E-state index contributed by atoms with van der Waals surface area (Å²) < 4.78 is 0. The molecule has 5 N–H and O–H groups in total. The summed E-state index contributed by atoms with van der Waals surface area (Å²) >= 11 is 0. The molecule has 0 aliphatic heterocycles. The fourth-order valence-electron chi connectivity index (χ4n) is 0.910. The lowest BCUT2D eigenvalue weighted by molar-refractivity contribution is 0.0995. The van der Waals surface area contributed by atoms with E-state index in [-0.39, 0.29) is 5.69 Å². The van der Waals surface area contributed by atoms with E-state index >= 15 is 0 Å². The number of carbonyl (C=O) groups excluding carboxylic acids is 1. The molecule has 0 bridgehead atoms. The van der Waals surface area contributed by atoms with Crippen molar-refractivity contribution in [2.75, 3.05) is 0 Å². The molecule has 1 amide bonds. The minimum absolute atomic E-state index is 0.253. The summed E-state index contributed by atoms with van der Waals surface area (Å²) in [7, 11) is 0. The lowest BCUT2D eigenvalue weighted by Gasteiger charge is -1.89. The lowest BCUT2D eigenvalue weighted by Crippen LogP contribution is -2.12. The molecule has 1 rings (SSSR count). The molecule has 64 valence electrons. The van der Waals surface area contributed by atoms with Gasteiger partial charge in [-0.2, -0.15) is 5.10 Å². The molecule has 12 heavy (non-hydrogen) atoms. The van der Waals surface area contributed by atoms with Crippen molar-refractivity contribution in [1.82, 2.24) is 10.2 Å². The number of aromatic nitrogens is 2. The van der Waals surface area contributed by atoms with Crippen LogP contribution in [-0.4, -0.2) is 16.1 Å². The van der Waals surface area contributed by atoms with Gasteiger partial charge in [0.1, 0.15) is 0 Å². The lowest BCUT2D eigenvalue weighted by atomic mass is 10.2. The minimum Gasteiger partial charge on any atom is -0.405 e. The predicted octanol–water partition coefficient (Wildman–Crippen LogP) is -0.254. The Hall–Kier alpha value is -1.78. The molecule has 1 heterocycles. The standard InChI is InChI=1S/C7H10N4O/c1-4-5(2-3-8)10-11-6(4)7(9)12/h2-3H,8H2,1H3,(H2,9,12)(H,10,11)/b3-2-. The van der Waals surface area contributed by atoms with E-state index in [0.29, 0.717) is 11.3 Å². The number of primary amides is 1. The zero-order valence-electron chi connectivity index (χ0n) is 6.66. The second-order valence-electron chi connectivity index (χ2n) is 2.33. The molecular formula is C7H10N4O. The van der Waals surface area contributed by atoms with Gasteiger partial charge in [-0.05, 0) is 19.2 Å². The summed E-state index contributed by atoms with van der Waals surface area (Å²) in [5.41, 5.74) is 11.9. The van der Waals surface area contributed by atoms with E-state index < -0.39 is 5.91 Å². The number of nitrogens with zero attached hydrogens (tertiary/aromatic N) is 1. The average molecular weight is 166 g/mol. The number of amides is 1. The summed E-state index contributed by atoms with van der Waals surface area (Å²) in [6, 6.07) is 0. The molecule has 0 unspecified atom stereocenters. The number of nitrogens with one attached hydrogen (secondary N) is 1. The van der Waals surface area contributed by atoms with Crippen LogP contribution in [0.5, 0.6) is 0 Å². The molecule has 0 radical (unpaired) electrons. The predicted molar refractivity (Wildman–Crippen MR) is 45.1 cm³/mol. The Bertz CT molecular complexity index is 326. The van der Waals surface area contributed by atoms with Crippen molar-refractivity contribution in [3.63, 3.8) is 0 Å². The highest BCUT2D eigenvalue weighted by molar-refractivity contribution is 5.92. The first-order valence-corrected chi connectivity index (χ1v) is 3.40. The smallest absolute Gasteiger partial charge is 0.269 e. The van der Waals surface area contributed by atoms with E-state index in [4.69, 9.17) is 11.5 Å². The van der Waals surface area contributed by atoms with Crippen molar-refractivity contribution in [2.45, 2.75) is 6.92 Å². The average Bonchev–Trinajstić information content (AvgIpc) is 2.34. The molecule has 0 aromatic carbocycles. The Morgan fingerprint density at radius 1 is 1.67 bits per heavy atom. The SMILES string of the molecule is Cc1c(C(N)=O)n[nH]c1/C=C\N. The molecule has 0 aliphatic rings. The second-order valence-corrected chi connectivity index (χ2v) is 2.33. The summed E-state index contributed by atoms with van der Waals surface area (Å²) in [5.74, 6) is -0.541. The molecule has 0 aliphatic carbocycles. The maximum absolute atomic E-state index is 10.7. The normalized spacial score (nSPS) is 10.8. The highest BCUT2D eigenvalue weighted by atomic mass is 16.1. The molecule has 0 fully saturated rings. The molecule has 0 saturated carbocycles. The third-order valence-corrected chi connectivity index (χ3v) is 1.54. The van der Waals surface area contributed by atoms with E-state index in [9.17, 15) is 4.79 Å². The highest BCUT2D eigenvalue weighted by Crippen LogP contribution is 2.09. The topological polar surface area (TPSA) is 97.8 Å². The third kappa shape index (κ3) is 1.29. The van der Waals surface area contributed by atoms with Crippen LogP contribution in [0, 0.1) is 6.92 Å². The Labute approximate surface area is 69.4 Å². The number of carbonyl (C=O) groups is 1. The van der Waals surface area contributed by atoms with Crippen LogP contribution >= 0.6 is 0 Å². The van der Waals surface area contributed by atoms with Crippen molar-refractivity contribution >= 4 is 12.0 Å². The first-order valence-electron chi connectivity index (χ1n) is 3.40. The van der Waals surface area contributed by atoms with Gasteiger partial charge in [0, 0.05) is 5.56 Å². The van der Waals surface area contributed by atoms with Gasteiger partial charge in [-0.15, -0.1) is 0 Å². The van der Waals surface area contributed by atoms with Gasteiger partial charge in [0.05, 0.1) is 5.69 Å². The highest BCUT2D eigenvalue weighted by Gasteiger charge is 2.10. The zero-order chi connectivity index (χ0) is 9.14. The third-order valence-electron chi connectivity index (χ3n) is 1.54. The number of hydrogen-bond acceptors (Lipinski definition) is 3. The minimum atomic E-state index is -0.541. The van der Waals surface area contributed by atoms with E-state index in [0.717, 1.165) is 0 Å². The van der Waals surface area contributed by atoms with Crippen LogP contribution < -0.4 is 11.5 Å². The molecule has 1 aromatic heterocycles. The molecular weight excluding hydrogens is 156 g/mol. The first kappa shape index (κ1) is 8.32. The van der Waals surface area contributed by atoms with Crippen LogP contribution in [0.4, 0.5) is 0 Å². The van der Waals surface area contributed by atoms with Crippen molar-refractivity contribution in [3.8, 4) is 0 Å². The molecule has 1 aromatic rings. The van der Waals surface area contributed by atoms with Crippen molar-refractivity contribution in [3.05, 3.63) is 23.2 Å². The molecule has 0 atom stereocenters. The summed E-state index contributed by atoms with van der Waals surface area (Å²) in [4.78, 5) is 10.7.